The summed E-state index contributed by atoms with van der Waals surface area (Å²) in [5, 5.41) is 4.34. The summed E-state index contributed by atoms with van der Waals surface area (Å²) in [6.45, 7) is 3.60. The number of halogens is 1. The van der Waals surface area contributed by atoms with E-state index in [1.807, 2.05) is 0 Å². The molecule has 0 fully saturated rings. The van der Waals surface area contributed by atoms with Gasteiger partial charge in [-0.1, -0.05) is 25.1 Å². The number of fused-ring (bicyclic) bond motifs is 2. The number of carbonyl (C=O) groups excluding carboxylic acids is 1. The minimum absolute atomic E-state index is 0.0769. The van der Waals surface area contributed by atoms with E-state index in [9.17, 15) is 4.79 Å². The standard InChI is InChI=1S/C19H22BrN3O/c1-3-7-21-19(24)11-8-13-12-5-4-6-15-17(12)14(18(20)22-15)9-16(13)23(2)10-11/h4-6,8,11,16,22H,3,7,9-10H2,1-2H3,(H,21,24). The number of aromatic amines is 1. The third-order valence-electron chi connectivity index (χ3n) is 5.23. The summed E-state index contributed by atoms with van der Waals surface area (Å²) in [4.78, 5) is 18.2. The average molecular weight is 388 g/mol. The molecule has 1 aromatic carbocycles. The van der Waals surface area contributed by atoms with E-state index >= 15 is 0 Å². The Bertz CT molecular complexity index is 838. The van der Waals surface area contributed by atoms with Crippen LogP contribution in [0.25, 0.3) is 16.5 Å². The lowest BCUT2D eigenvalue weighted by molar-refractivity contribution is -0.124. The summed E-state index contributed by atoms with van der Waals surface area (Å²) in [5.74, 6) is 0.0647. The van der Waals surface area contributed by atoms with Crippen molar-refractivity contribution in [2.24, 2.45) is 5.92 Å². The van der Waals surface area contributed by atoms with Crippen LogP contribution in [0.5, 0.6) is 0 Å². The predicted molar refractivity (Wildman–Crippen MR) is 101 cm³/mol. The van der Waals surface area contributed by atoms with Gasteiger partial charge in [0.1, 0.15) is 0 Å². The number of hydrogen-bond acceptors (Lipinski definition) is 2. The van der Waals surface area contributed by atoms with E-state index in [0.717, 1.165) is 36.1 Å². The molecule has 1 aliphatic carbocycles. The van der Waals surface area contributed by atoms with E-state index in [1.165, 1.54) is 22.1 Å². The molecule has 2 N–H and O–H groups in total. The Labute approximate surface area is 150 Å². The summed E-state index contributed by atoms with van der Waals surface area (Å²) in [6, 6.07) is 6.73. The molecule has 2 atom stereocenters. The summed E-state index contributed by atoms with van der Waals surface area (Å²) >= 11 is 3.68. The Hall–Kier alpha value is -1.59. The zero-order valence-corrected chi connectivity index (χ0v) is 15.6. The van der Waals surface area contributed by atoms with Crippen molar-refractivity contribution in [3.05, 3.63) is 40.0 Å². The highest BCUT2D eigenvalue weighted by Gasteiger charge is 2.36. The van der Waals surface area contributed by atoms with E-state index in [4.69, 9.17) is 0 Å². The first-order valence-electron chi connectivity index (χ1n) is 8.59. The fourth-order valence-electron chi connectivity index (χ4n) is 4.04. The van der Waals surface area contributed by atoms with Gasteiger partial charge in [-0.2, -0.15) is 0 Å². The molecule has 2 aliphatic rings. The first-order chi connectivity index (χ1) is 11.6. The number of benzene rings is 1. The van der Waals surface area contributed by atoms with Crippen molar-refractivity contribution in [3.63, 3.8) is 0 Å². The molecule has 0 bridgehead atoms. The Morgan fingerprint density at radius 1 is 1.46 bits per heavy atom. The van der Waals surface area contributed by atoms with Crippen LogP contribution in [0.3, 0.4) is 0 Å². The lowest BCUT2D eigenvalue weighted by Crippen LogP contribution is -2.46. The normalized spacial score (nSPS) is 23.0. The van der Waals surface area contributed by atoms with Crippen molar-refractivity contribution in [2.75, 3.05) is 20.1 Å². The molecule has 0 saturated carbocycles. The van der Waals surface area contributed by atoms with Gasteiger partial charge in [0.25, 0.3) is 0 Å². The van der Waals surface area contributed by atoms with Gasteiger partial charge in [0.2, 0.25) is 5.91 Å². The summed E-state index contributed by atoms with van der Waals surface area (Å²) in [7, 11) is 2.13. The molecule has 1 aromatic heterocycles. The van der Waals surface area contributed by atoms with Gasteiger partial charge in [-0.05, 0) is 58.6 Å². The lowest BCUT2D eigenvalue weighted by Gasteiger charge is -2.39. The molecule has 24 heavy (non-hydrogen) atoms. The molecule has 4 nitrogen and oxygen atoms in total. The van der Waals surface area contributed by atoms with Gasteiger partial charge in [0, 0.05) is 30.0 Å². The van der Waals surface area contributed by atoms with Crippen molar-refractivity contribution < 1.29 is 4.79 Å². The van der Waals surface area contributed by atoms with E-state index in [2.05, 4.69) is 69.4 Å². The summed E-state index contributed by atoms with van der Waals surface area (Å²) in [6.07, 6.45) is 4.14. The molecule has 5 heteroatoms. The molecule has 1 amide bonds. The Balaban J connectivity index is 1.80. The largest absolute Gasteiger partial charge is 0.356 e. The molecule has 0 saturated heterocycles. The monoisotopic (exact) mass is 387 g/mol. The van der Waals surface area contributed by atoms with Crippen molar-refractivity contribution >= 4 is 38.3 Å². The first-order valence-corrected chi connectivity index (χ1v) is 9.38. The van der Waals surface area contributed by atoms with Crippen LogP contribution in [-0.4, -0.2) is 42.0 Å². The number of likely N-dealkylation sites (N-methyl/N-ethyl adjacent to an activating group) is 1. The lowest BCUT2D eigenvalue weighted by atomic mass is 9.80. The van der Waals surface area contributed by atoms with Gasteiger partial charge in [0.05, 0.1) is 10.5 Å². The predicted octanol–water partition coefficient (Wildman–Crippen LogP) is 3.33. The van der Waals surface area contributed by atoms with Crippen molar-refractivity contribution in [3.8, 4) is 0 Å². The number of rotatable bonds is 3. The highest BCUT2D eigenvalue weighted by atomic mass is 79.9. The molecule has 2 heterocycles. The molecule has 0 spiro atoms. The Morgan fingerprint density at radius 3 is 3.08 bits per heavy atom. The van der Waals surface area contributed by atoms with Crippen LogP contribution in [0.15, 0.2) is 28.9 Å². The maximum atomic E-state index is 12.5. The van der Waals surface area contributed by atoms with Crippen LogP contribution in [0, 0.1) is 5.92 Å². The molecule has 2 aromatic rings. The summed E-state index contributed by atoms with van der Waals surface area (Å²) in [5.41, 5.74) is 5.07. The quantitative estimate of drug-likeness (QED) is 0.848. The number of amides is 1. The third-order valence-corrected chi connectivity index (χ3v) is 5.90. The van der Waals surface area contributed by atoms with Crippen LogP contribution in [0.1, 0.15) is 24.5 Å². The topological polar surface area (TPSA) is 48.1 Å². The number of nitrogens with one attached hydrogen (secondary N) is 2. The van der Waals surface area contributed by atoms with Gasteiger partial charge in [-0.15, -0.1) is 0 Å². The minimum Gasteiger partial charge on any atom is -0.356 e. The van der Waals surface area contributed by atoms with Gasteiger partial charge >= 0.3 is 0 Å². The van der Waals surface area contributed by atoms with Crippen LogP contribution in [0.2, 0.25) is 0 Å². The Morgan fingerprint density at radius 2 is 2.29 bits per heavy atom. The molecule has 1 aliphatic heterocycles. The molecular formula is C19H22BrN3O. The van der Waals surface area contributed by atoms with E-state index in [1.54, 1.807) is 0 Å². The fraction of sp³-hybridized carbons (Fsp3) is 0.421. The van der Waals surface area contributed by atoms with Gasteiger partial charge in [-0.25, -0.2) is 0 Å². The smallest absolute Gasteiger partial charge is 0.228 e. The van der Waals surface area contributed by atoms with Gasteiger partial charge in [0.15, 0.2) is 0 Å². The SMILES string of the molecule is CCCNC(=O)C1C=C2c3cccc4[nH]c(Br)c(c34)CC2N(C)C1. The highest BCUT2D eigenvalue weighted by molar-refractivity contribution is 9.10. The van der Waals surface area contributed by atoms with E-state index in [0.29, 0.717) is 6.04 Å². The molecular weight excluding hydrogens is 366 g/mol. The van der Waals surface area contributed by atoms with Crippen LogP contribution >= 0.6 is 15.9 Å². The van der Waals surface area contributed by atoms with E-state index < -0.39 is 0 Å². The maximum absolute atomic E-state index is 12.5. The molecule has 0 radical (unpaired) electrons. The van der Waals surface area contributed by atoms with Crippen molar-refractivity contribution in [1.29, 1.82) is 0 Å². The number of H-pyrrole nitrogens is 1. The van der Waals surface area contributed by atoms with Gasteiger partial charge < -0.3 is 10.3 Å². The second-order valence-electron chi connectivity index (χ2n) is 6.82. The molecule has 126 valence electrons. The maximum Gasteiger partial charge on any atom is 0.228 e. The molecule has 2 unspecified atom stereocenters. The second-order valence-corrected chi connectivity index (χ2v) is 7.62. The number of hydrogen-bond donors (Lipinski definition) is 2. The Kier molecular flexibility index (Phi) is 4.01. The van der Waals surface area contributed by atoms with Crippen molar-refractivity contribution in [1.82, 2.24) is 15.2 Å². The second kappa shape index (κ2) is 6.05. The van der Waals surface area contributed by atoms with Crippen molar-refractivity contribution in [2.45, 2.75) is 25.8 Å². The van der Waals surface area contributed by atoms with Crippen LogP contribution in [0.4, 0.5) is 0 Å². The zero-order valence-electron chi connectivity index (χ0n) is 14.0. The summed E-state index contributed by atoms with van der Waals surface area (Å²) < 4.78 is 1.08. The zero-order chi connectivity index (χ0) is 16.8. The average Bonchev–Trinajstić information content (AvgIpc) is 2.90. The first kappa shape index (κ1) is 15.9. The highest BCUT2D eigenvalue weighted by Crippen LogP contribution is 2.43. The minimum atomic E-state index is -0.0769. The fourth-order valence-corrected chi connectivity index (χ4v) is 4.61. The van der Waals surface area contributed by atoms with Crippen LogP contribution in [-0.2, 0) is 11.2 Å². The third kappa shape index (κ3) is 2.42. The van der Waals surface area contributed by atoms with Crippen LogP contribution < -0.4 is 5.32 Å². The number of nitrogens with zero attached hydrogens (tertiary/aromatic N) is 1. The number of aromatic nitrogens is 1. The van der Waals surface area contributed by atoms with Gasteiger partial charge in [-0.3, -0.25) is 9.69 Å². The molecule has 4 rings (SSSR count). The van der Waals surface area contributed by atoms with E-state index in [-0.39, 0.29) is 11.8 Å². The number of carbonyl (C=O) groups is 1.